The number of benzene rings is 2. The smallest absolute Gasteiger partial charge is 0.251 e. The topological polar surface area (TPSA) is 47.6 Å². The largest absolute Gasteiger partial charge is 0.496 e. The number of carbonyl (C=O) groups excluding carboxylic acids is 1. The van der Waals surface area contributed by atoms with Crippen molar-refractivity contribution in [2.45, 2.75) is 53.0 Å². The van der Waals surface area contributed by atoms with Gasteiger partial charge in [-0.25, -0.2) is 0 Å². The zero-order valence-corrected chi connectivity index (χ0v) is 17.3. The lowest BCUT2D eigenvalue weighted by Gasteiger charge is -2.21. The van der Waals surface area contributed by atoms with Gasteiger partial charge >= 0.3 is 0 Å². The third-order valence-electron chi connectivity index (χ3n) is 4.64. The number of hydrogen-bond acceptors (Lipinski definition) is 3. The lowest BCUT2D eigenvalue weighted by molar-refractivity contribution is 0.0940. The normalized spacial score (nSPS) is 12.0. The molecule has 0 heterocycles. The number of hydrogen-bond donors (Lipinski definition) is 1. The molecule has 1 amide bonds. The maximum Gasteiger partial charge on any atom is 0.251 e. The fraction of sp³-hybridized carbons (Fsp3) is 0.435. The Labute approximate surface area is 162 Å². The van der Waals surface area contributed by atoms with E-state index in [9.17, 15) is 4.79 Å². The van der Waals surface area contributed by atoms with Gasteiger partial charge in [-0.05, 0) is 79.3 Å². The molecule has 146 valence electrons. The van der Waals surface area contributed by atoms with E-state index in [4.69, 9.17) is 9.47 Å². The van der Waals surface area contributed by atoms with E-state index in [-0.39, 0.29) is 11.9 Å². The highest BCUT2D eigenvalue weighted by molar-refractivity contribution is 5.94. The van der Waals surface area contributed by atoms with E-state index in [1.807, 2.05) is 32.0 Å². The quantitative estimate of drug-likeness (QED) is 0.677. The number of nitrogens with one attached hydrogen (secondary N) is 1. The van der Waals surface area contributed by atoms with Crippen LogP contribution in [0.5, 0.6) is 11.5 Å². The number of carbonyl (C=O) groups is 1. The Morgan fingerprint density at radius 1 is 1.07 bits per heavy atom. The second-order valence-electron chi connectivity index (χ2n) is 7.17. The summed E-state index contributed by atoms with van der Waals surface area (Å²) in [7, 11) is 1.69. The van der Waals surface area contributed by atoms with Crippen molar-refractivity contribution >= 4 is 5.91 Å². The van der Waals surface area contributed by atoms with Crippen molar-refractivity contribution < 1.29 is 14.3 Å². The lowest BCUT2D eigenvalue weighted by atomic mass is 9.93. The second kappa shape index (κ2) is 9.45. The maximum atomic E-state index is 12.6. The van der Waals surface area contributed by atoms with Gasteiger partial charge in [0.1, 0.15) is 11.5 Å². The Bertz CT molecular complexity index is 766. The van der Waals surface area contributed by atoms with Crippen molar-refractivity contribution in [3.8, 4) is 11.5 Å². The first-order valence-corrected chi connectivity index (χ1v) is 9.59. The molecule has 1 atom stereocenters. The highest BCUT2D eigenvalue weighted by Crippen LogP contribution is 2.32. The van der Waals surface area contributed by atoms with Gasteiger partial charge in [0.25, 0.3) is 5.91 Å². The summed E-state index contributed by atoms with van der Waals surface area (Å²) in [6, 6.07) is 11.4. The average molecular weight is 370 g/mol. The molecule has 0 spiro atoms. The summed E-state index contributed by atoms with van der Waals surface area (Å²) in [5, 5.41) is 3.10. The molecule has 0 saturated heterocycles. The van der Waals surface area contributed by atoms with Crippen molar-refractivity contribution in [2.24, 2.45) is 0 Å². The first-order valence-electron chi connectivity index (χ1n) is 9.59. The number of ether oxygens (including phenoxy) is 2. The summed E-state index contributed by atoms with van der Waals surface area (Å²) in [5.41, 5.74) is 3.99. The van der Waals surface area contributed by atoms with Crippen molar-refractivity contribution in [3.05, 3.63) is 58.7 Å². The van der Waals surface area contributed by atoms with E-state index in [2.05, 4.69) is 32.2 Å². The molecule has 0 aliphatic heterocycles. The molecule has 0 radical (unpaired) electrons. The number of aryl methyl sites for hydroxylation is 1. The Morgan fingerprint density at radius 2 is 1.74 bits per heavy atom. The van der Waals surface area contributed by atoms with Crippen molar-refractivity contribution in [1.82, 2.24) is 5.32 Å². The predicted octanol–water partition coefficient (Wildman–Crippen LogP) is 5.41. The third-order valence-corrected chi connectivity index (χ3v) is 4.64. The van der Waals surface area contributed by atoms with E-state index in [0.717, 1.165) is 34.6 Å². The molecule has 1 unspecified atom stereocenters. The van der Waals surface area contributed by atoms with Crippen LogP contribution in [0, 0.1) is 6.92 Å². The minimum absolute atomic E-state index is 0.0918. The predicted molar refractivity (Wildman–Crippen MR) is 110 cm³/mol. The fourth-order valence-electron chi connectivity index (χ4n) is 3.09. The van der Waals surface area contributed by atoms with E-state index >= 15 is 0 Å². The summed E-state index contributed by atoms with van der Waals surface area (Å²) in [5.74, 6) is 1.94. The van der Waals surface area contributed by atoms with Gasteiger partial charge in [-0.2, -0.15) is 0 Å². The first kappa shape index (κ1) is 20.8. The zero-order chi connectivity index (χ0) is 20.0. The summed E-state index contributed by atoms with van der Waals surface area (Å²) in [6.07, 6.45) is 0.958. The van der Waals surface area contributed by atoms with E-state index in [1.54, 1.807) is 19.2 Å². The summed E-state index contributed by atoms with van der Waals surface area (Å²) < 4.78 is 11.1. The van der Waals surface area contributed by atoms with E-state index in [0.29, 0.717) is 18.1 Å². The molecule has 2 rings (SSSR count). The fourth-order valence-corrected chi connectivity index (χ4v) is 3.09. The van der Waals surface area contributed by atoms with E-state index < -0.39 is 0 Å². The molecule has 0 bridgehead atoms. The zero-order valence-electron chi connectivity index (χ0n) is 17.3. The van der Waals surface area contributed by atoms with Crippen molar-refractivity contribution in [3.63, 3.8) is 0 Å². The maximum absolute atomic E-state index is 12.6. The van der Waals surface area contributed by atoms with Gasteiger partial charge in [0, 0.05) is 5.56 Å². The minimum atomic E-state index is -0.100. The summed E-state index contributed by atoms with van der Waals surface area (Å²) in [6.45, 7) is 11.1. The van der Waals surface area contributed by atoms with Crippen LogP contribution in [0.4, 0.5) is 0 Å². The number of rotatable bonds is 8. The molecule has 4 nitrogen and oxygen atoms in total. The molecule has 0 saturated carbocycles. The minimum Gasteiger partial charge on any atom is -0.496 e. The SMILES string of the molecule is CCCOc1ccc(C(=O)NC(C)c2cc(C(C)C)c(OC)cc2C)cc1. The standard InChI is InChI=1S/C23H31NO3/c1-7-12-27-19-10-8-18(9-11-19)23(25)24-17(5)21-14-20(15(2)3)22(26-6)13-16(21)4/h8-11,13-15,17H,7,12H2,1-6H3,(H,24,25). The van der Waals surface area contributed by atoms with E-state index in [1.165, 1.54) is 0 Å². The number of amides is 1. The molecular weight excluding hydrogens is 338 g/mol. The van der Waals surface area contributed by atoms with Crippen LogP contribution < -0.4 is 14.8 Å². The summed E-state index contributed by atoms with van der Waals surface area (Å²) in [4.78, 5) is 12.6. The van der Waals surface area contributed by atoms with Crippen LogP contribution >= 0.6 is 0 Å². The molecule has 0 aliphatic rings. The van der Waals surface area contributed by atoms with Gasteiger partial charge in [-0.15, -0.1) is 0 Å². The van der Waals surface area contributed by atoms with Crippen molar-refractivity contribution in [2.75, 3.05) is 13.7 Å². The molecule has 4 heteroatoms. The Kier molecular flexibility index (Phi) is 7.28. The molecule has 27 heavy (non-hydrogen) atoms. The van der Waals surface area contributed by atoms with Crippen LogP contribution in [0.15, 0.2) is 36.4 Å². The molecule has 1 N–H and O–H groups in total. The first-order chi connectivity index (χ1) is 12.9. The Balaban J connectivity index is 2.15. The van der Waals surface area contributed by atoms with Crippen LogP contribution in [0.1, 0.15) is 73.1 Å². The summed E-state index contributed by atoms with van der Waals surface area (Å²) >= 11 is 0. The van der Waals surface area contributed by atoms with Crippen LogP contribution in [-0.2, 0) is 0 Å². The van der Waals surface area contributed by atoms with Gasteiger partial charge in [-0.3, -0.25) is 4.79 Å². The molecule has 0 aliphatic carbocycles. The highest BCUT2D eigenvalue weighted by atomic mass is 16.5. The Hall–Kier alpha value is -2.49. The lowest BCUT2D eigenvalue weighted by Crippen LogP contribution is -2.27. The van der Waals surface area contributed by atoms with Crippen LogP contribution in [-0.4, -0.2) is 19.6 Å². The molecule has 2 aromatic rings. The average Bonchev–Trinajstić information content (AvgIpc) is 2.65. The van der Waals surface area contributed by atoms with Gasteiger partial charge in [0.05, 0.1) is 19.8 Å². The van der Waals surface area contributed by atoms with Gasteiger partial charge in [0.15, 0.2) is 0 Å². The van der Waals surface area contributed by atoms with Crippen molar-refractivity contribution in [1.29, 1.82) is 0 Å². The third kappa shape index (κ3) is 5.25. The Morgan fingerprint density at radius 3 is 2.30 bits per heavy atom. The molecule has 2 aromatic carbocycles. The molecule has 0 aromatic heterocycles. The van der Waals surface area contributed by atoms with Crippen LogP contribution in [0.3, 0.4) is 0 Å². The van der Waals surface area contributed by atoms with Crippen LogP contribution in [0.25, 0.3) is 0 Å². The number of methoxy groups -OCH3 is 1. The molecular formula is C23H31NO3. The monoisotopic (exact) mass is 369 g/mol. The van der Waals surface area contributed by atoms with Crippen LogP contribution in [0.2, 0.25) is 0 Å². The van der Waals surface area contributed by atoms with Gasteiger partial charge in [0.2, 0.25) is 0 Å². The van der Waals surface area contributed by atoms with Gasteiger partial charge < -0.3 is 14.8 Å². The second-order valence-corrected chi connectivity index (χ2v) is 7.17. The highest BCUT2D eigenvalue weighted by Gasteiger charge is 2.17. The molecule has 0 fully saturated rings. The van der Waals surface area contributed by atoms with Gasteiger partial charge in [-0.1, -0.05) is 20.8 Å².